The van der Waals surface area contributed by atoms with Crippen molar-refractivity contribution in [1.82, 2.24) is 14.9 Å². The summed E-state index contributed by atoms with van der Waals surface area (Å²) in [5, 5.41) is 8.48. The zero-order valence-corrected chi connectivity index (χ0v) is 12.3. The number of aromatic nitrogens is 1. The summed E-state index contributed by atoms with van der Waals surface area (Å²) < 4.78 is 6.90. The second kappa shape index (κ2) is 5.51. The van der Waals surface area contributed by atoms with Gasteiger partial charge in [0.15, 0.2) is 6.04 Å². The van der Waals surface area contributed by atoms with Crippen LogP contribution in [0, 0.1) is 0 Å². The molecule has 7 nitrogen and oxygen atoms in total. The Kier molecular flexibility index (Phi) is 3.54. The van der Waals surface area contributed by atoms with Crippen LogP contribution in [-0.4, -0.2) is 34.5 Å². The highest BCUT2D eigenvalue weighted by molar-refractivity contribution is 5.99. The summed E-state index contributed by atoms with van der Waals surface area (Å²) in [5.74, 6) is -0.320. The SMILES string of the molecule is CCOC(=O)N1N=CNC(=O)C1c1cn(C)c2ccccc12. The smallest absolute Gasteiger partial charge is 0.431 e. The number of hydrogen-bond donors (Lipinski definition) is 1. The van der Waals surface area contributed by atoms with E-state index in [0.717, 1.165) is 15.9 Å². The molecular formula is C15H16N4O3. The van der Waals surface area contributed by atoms with Gasteiger partial charge in [-0.15, -0.1) is 0 Å². The van der Waals surface area contributed by atoms with E-state index < -0.39 is 12.1 Å². The van der Waals surface area contributed by atoms with Crippen molar-refractivity contribution in [3.05, 3.63) is 36.0 Å². The second-order valence-corrected chi connectivity index (χ2v) is 4.91. The predicted molar refractivity (Wildman–Crippen MR) is 81.2 cm³/mol. The molecule has 0 spiro atoms. The van der Waals surface area contributed by atoms with Crippen LogP contribution in [0.25, 0.3) is 10.9 Å². The predicted octanol–water partition coefficient (Wildman–Crippen LogP) is 1.75. The van der Waals surface area contributed by atoms with Crippen LogP contribution in [0.4, 0.5) is 4.79 Å². The van der Waals surface area contributed by atoms with E-state index in [9.17, 15) is 9.59 Å². The van der Waals surface area contributed by atoms with Crippen LogP contribution >= 0.6 is 0 Å². The Balaban J connectivity index is 2.11. The first-order valence-electron chi connectivity index (χ1n) is 6.96. The number of hydrazone groups is 1. The number of amides is 2. The van der Waals surface area contributed by atoms with Crippen molar-refractivity contribution in [2.24, 2.45) is 12.1 Å². The number of para-hydroxylation sites is 1. The van der Waals surface area contributed by atoms with Crippen molar-refractivity contribution in [3.63, 3.8) is 0 Å². The molecule has 0 radical (unpaired) electrons. The van der Waals surface area contributed by atoms with Gasteiger partial charge in [0.2, 0.25) is 0 Å². The first kappa shape index (κ1) is 14.1. The number of ether oxygens (including phenoxy) is 1. The molecule has 0 bridgehead atoms. The van der Waals surface area contributed by atoms with Gasteiger partial charge in [-0.1, -0.05) is 18.2 Å². The molecule has 2 amide bonds. The molecule has 0 saturated heterocycles. The Labute approximate surface area is 127 Å². The van der Waals surface area contributed by atoms with Gasteiger partial charge in [-0.25, -0.2) is 4.79 Å². The van der Waals surface area contributed by atoms with Crippen LogP contribution in [-0.2, 0) is 16.6 Å². The molecule has 2 aromatic rings. The van der Waals surface area contributed by atoms with Crippen molar-refractivity contribution < 1.29 is 14.3 Å². The Bertz CT molecular complexity index is 765. The number of nitrogens with zero attached hydrogens (tertiary/aromatic N) is 3. The minimum atomic E-state index is -0.852. The molecular weight excluding hydrogens is 284 g/mol. The van der Waals surface area contributed by atoms with Crippen LogP contribution in [0.15, 0.2) is 35.6 Å². The fourth-order valence-corrected chi connectivity index (χ4v) is 2.62. The van der Waals surface area contributed by atoms with Gasteiger partial charge < -0.3 is 14.6 Å². The fourth-order valence-electron chi connectivity index (χ4n) is 2.62. The number of carbonyl (C=O) groups excluding carboxylic acids is 2. The second-order valence-electron chi connectivity index (χ2n) is 4.91. The fraction of sp³-hybridized carbons (Fsp3) is 0.267. The maximum Gasteiger partial charge on any atom is 0.431 e. The maximum atomic E-state index is 12.3. The lowest BCUT2D eigenvalue weighted by Crippen LogP contribution is -2.45. The van der Waals surface area contributed by atoms with Crippen molar-refractivity contribution >= 4 is 29.2 Å². The van der Waals surface area contributed by atoms with E-state index >= 15 is 0 Å². The van der Waals surface area contributed by atoms with Crippen molar-refractivity contribution in [2.45, 2.75) is 13.0 Å². The first-order valence-corrected chi connectivity index (χ1v) is 6.96. The van der Waals surface area contributed by atoms with Gasteiger partial charge in [-0.05, 0) is 13.0 Å². The highest BCUT2D eigenvalue weighted by Gasteiger charge is 2.36. The molecule has 1 N–H and O–H groups in total. The first-order chi connectivity index (χ1) is 10.6. The van der Waals surface area contributed by atoms with E-state index in [4.69, 9.17) is 4.74 Å². The molecule has 1 aliphatic heterocycles. The van der Waals surface area contributed by atoms with Crippen molar-refractivity contribution in [1.29, 1.82) is 0 Å². The summed E-state index contributed by atoms with van der Waals surface area (Å²) in [6.07, 6.45) is 2.38. The van der Waals surface area contributed by atoms with Crippen LogP contribution < -0.4 is 5.32 Å². The van der Waals surface area contributed by atoms with Crippen LogP contribution in [0.1, 0.15) is 18.5 Å². The molecule has 2 heterocycles. The molecule has 3 rings (SSSR count). The van der Waals surface area contributed by atoms with Gasteiger partial charge >= 0.3 is 6.09 Å². The summed E-state index contributed by atoms with van der Waals surface area (Å²) in [6.45, 7) is 1.92. The number of carbonyl (C=O) groups is 2. The highest BCUT2D eigenvalue weighted by Crippen LogP contribution is 2.31. The van der Waals surface area contributed by atoms with E-state index in [-0.39, 0.29) is 12.5 Å². The molecule has 1 unspecified atom stereocenters. The molecule has 0 saturated carbocycles. The summed E-state index contributed by atoms with van der Waals surface area (Å²) in [7, 11) is 1.89. The summed E-state index contributed by atoms with van der Waals surface area (Å²) in [5.41, 5.74) is 1.68. The van der Waals surface area contributed by atoms with Crippen LogP contribution in [0.2, 0.25) is 0 Å². The van der Waals surface area contributed by atoms with E-state index in [2.05, 4.69) is 10.4 Å². The van der Waals surface area contributed by atoms with Crippen molar-refractivity contribution in [2.75, 3.05) is 6.61 Å². The van der Waals surface area contributed by atoms with E-state index in [1.807, 2.05) is 42.1 Å². The number of benzene rings is 1. The molecule has 0 aliphatic carbocycles. The lowest BCUT2D eigenvalue weighted by atomic mass is 10.0. The van der Waals surface area contributed by atoms with Gasteiger partial charge in [-0.3, -0.25) is 4.79 Å². The zero-order valence-electron chi connectivity index (χ0n) is 12.3. The molecule has 1 atom stereocenters. The molecule has 114 valence electrons. The van der Waals surface area contributed by atoms with Crippen LogP contribution in [0.3, 0.4) is 0 Å². The molecule has 1 aliphatic rings. The molecule has 1 aromatic heterocycles. The minimum Gasteiger partial charge on any atom is -0.448 e. The number of hydrogen-bond acceptors (Lipinski definition) is 4. The monoisotopic (exact) mass is 300 g/mol. The van der Waals surface area contributed by atoms with E-state index in [0.29, 0.717) is 5.56 Å². The van der Waals surface area contributed by atoms with E-state index in [1.165, 1.54) is 6.34 Å². The standard InChI is InChI=1S/C15H16N4O3/c1-3-22-15(21)19-13(14(20)16-9-17-19)11-8-18(2)12-7-5-4-6-10(11)12/h4-9,13H,3H2,1-2H3,(H,16,17,20). The largest absolute Gasteiger partial charge is 0.448 e. The highest BCUT2D eigenvalue weighted by atomic mass is 16.6. The zero-order chi connectivity index (χ0) is 15.7. The molecule has 0 fully saturated rings. The third-order valence-electron chi connectivity index (χ3n) is 3.56. The van der Waals surface area contributed by atoms with Gasteiger partial charge in [0.1, 0.15) is 6.34 Å². The van der Waals surface area contributed by atoms with Gasteiger partial charge in [0, 0.05) is 29.7 Å². The molecule has 7 heteroatoms. The van der Waals surface area contributed by atoms with Gasteiger partial charge in [0.25, 0.3) is 5.91 Å². The Morgan fingerprint density at radius 3 is 2.95 bits per heavy atom. The van der Waals surface area contributed by atoms with E-state index in [1.54, 1.807) is 6.92 Å². The number of nitrogens with one attached hydrogen (secondary N) is 1. The summed E-state index contributed by atoms with van der Waals surface area (Å²) in [6, 6.07) is 6.84. The van der Waals surface area contributed by atoms with Gasteiger partial charge in [-0.2, -0.15) is 10.1 Å². The Morgan fingerprint density at radius 2 is 2.18 bits per heavy atom. The number of aryl methyl sites for hydroxylation is 1. The number of rotatable bonds is 2. The number of fused-ring (bicyclic) bond motifs is 1. The minimum absolute atomic E-state index is 0.217. The third kappa shape index (κ3) is 2.20. The quantitative estimate of drug-likeness (QED) is 0.918. The Hall–Kier alpha value is -2.83. The lowest BCUT2D eigenvalue weighted by molar-refractivity contribution is -0.125. The normalized spacial score (nSPS) is 17.6. The topological polar surface area (TPSA) is 75.9 Å². The van der Waals surface area contributed by atoms with Gasteiger partial charge in [0.05, 0.1) is 6.61 Å². The third-order valence-corrected chi connectivity index (χ3v) is 3.56. The maximum absolute atomic E-state index is 12.3. The lowest BCUT2D eigenvalue weighted by Gasteiger charge is -2.27. The van der Waals surface area contributed by atoms with Crippen LogP contribution in [0.5, 0.6) is 0 Å². The average Bonchev–Trinajstić information content (AvgIpc) is 2.85. The average molecular weight is 300 g/mol. The molecule has 22 heavy (non-hydrogen) atoms. The summed E-state index contributed by atoms with van der Waals surface area (Å²) >= 11 is 0. The molecule has 1 aromatic carbocycles. The van der Waals surface area contributed by atoms with Crippen molar-refractivity contribution in [3.8, 4) is 0 Å². The summed E-state index contributed by atoms with van der Waals surface area (Å²) in [4.78, 5) is 24.4. The Morgan fingerprint density at radius 1 is 1.41 bits per heavy atom.